The molecule has 1 atom stereocenters. The number of ketones is 1. The molecule has 1 saturated heterocycles. The van der Waals surface area contributed by atoms with Gasteiger partial charge in [0.05, 0.1) is 38.5 Å². The van der Waals surface area contributed by atoms with E-state index in [4.69, 9.17) is 18.9 Å². The summed E-state index contributed by atoms with van der Waals surface area (Å²) in [5, 5.41) is 0. The Bertz CT molecular complexity index is 1110. The van der Waals surface area contributed by atoms with E-state index in [2.05, 4.69) is 9.47 Å². The van der Waals surface area contributed by atoms with E-state index in [0.717, 1.165) is 0 Å². The molecule has 0 spiro atoms. The van der Waals surface area contributed by atoms with Crippen molar-refractivity contribution in [1.82, 2.24) is 4.90 Å². The number of amides is 1. The van der Waals surface area contributed by atoms with Crippen LogP contribution in [0.25, 0.3) is 0 Å². The van der Waals surface area contributed by atoms with Gasteiger partial charge >= 0.3 is 6.29 Å². The van der Waals surface area contributed by atoms with Crippen LogP contribution in [0.3, 0.4) is 0 Å². The summed E-state index contributed by atoms with van der Waals surface area (Å²) in [5.74, 6) is -0.383. The van der Waals surface area contributed by atoms with Crippen molar-refractivity contribution in [2.75, 3.05) is 40.5 Å². The Morgan fingerprint density at radius 1 is 1.09 bits per heavy atom. The summed E-state index contributed by atoms with van der Waals surface area (Å²) in [4.78, 5) is 26.6. The second kappa shape index (κ2) is 9.34. The largest absolute Gasteiger partial charge is 0.586 e. The number of hydrogen-bond donors (Lipinski definition) is 0. The number of para-hydroxylation sites is 1. The van der Waals surface area contributed by atoms with Gasteiger partial charge in [0.15, 0.2) is 28.8 Å². The molecule has 2 aromatic carbocycles. The van der Waals surface area contributed by atoms with Gasteiger partial charge < -0.3 is 33.3 Å². The fourth-order valence-electron chi connectivity index (χ4n) is 3.81. The molecule has 1 unspecified atom stereocenters. The Morgan fingerprint density at radius 3 is 2.59 bits per heavy atom. The third kappa shape index (κ3) is 4.56. The van der Waals surface area contributed by atoms with Crippen LogP contribution >= 0.6 is 0 Å². The maximum Gasteiger partial charge on any atom is 0.586 e. The molecular formula is C23H23F2NO8. The minimum atomic E-state index is -3.83. The molecule has 0 saturated carbocycles. The molecule has 0 aromatic heterocycles. The van der Waals surface area contributed by atoms with Crippen LogP contribution < -0.4 is 23.7 Å². The number of Topliss-reactive ketones (excluding diaryl/α,β-unsaturated/α-hetero) is 1. The number of alkyl halides is 2. The van der Waals surface area contributed by atoms with Gasteiger partial charge in [0.25, 0.3) is 5.91 Å². The van der Waals surface area contributed by atoms with Crippen molar-refractivity contribution in [2.45, 2.75) is 19.3 Å². The number of fused-ring (bicyclic) bond motifs is 1. The van der Waals surface area contributed by atoms with Crippen LogP contribution in [0.1, 0.15) is 27.6 Å². The normalized spacial score (nSPS) is 18.4. The number of nitrogens with zero attached hydrogens (tertiary/aromatic N) is 1. The fraction of sp³-hybridized carbons (Fsp3) is 0.391. The van der Waals surface area contributed by atoms with Crippen LogP contribution in [0.15, 0.2) is 30.3 Å². The predicted octanol–water partition coefficient (Wildman–Crippen LogP) is 3.15. The molecule has 2 aliphatic heterocycles. The third-order valence-electron chi connectivity index (χ3n) is 5.38. The van der Waals surface area contributed by atoms with Gasteiger partial charge in [-0.1, -0.05) is 6.07 Å². The summed E-state index contributed by atoms with van der Waals surface area (Å²) < 4.78 is 58.3. The van der Waals surface area contributed by atoms with Crippen molar-refractivity contribution in [1.29, 1.82) is 0 Å². The Balaban J connectivity index is 1.49. The quantitative estimate of drug-likeness (QED) is 0.560. The number of carbonyl (C=O) groups excluding carboxylic acids is 2. The van der Waals surface area contributed by atoms with Crippen molar-refractivity contribution in [3.05, 3.63) is 41.5 Å². The van der Waals surface area contributed by atoms with Gasteiger partial charge in [0, 0.05) is 6.54 Å². The number of benzene rings is 2. The highest BCUT2D eigenvalue weighted by Crippen LogP contribution is 2.44. The van der Waals surface area contributed by atoms with E-state index in [-0.39, 0.29) is 60.6 Å². The van der Waals surface area contributed by atoms with E-state index >= 15 is 0 Å². The summed E-state index contributed by atoms with van der Waals surface area (Å²) in [7, 11) is 2.90. The summed E-state index contributed by atoms with van der Waals surface area (Å²) in [6.45, 7) is 1.98. The minimum absolute atomic E-state index is 0.00182. The van der Waals surface area contributed by atoms with Gasteiger partial charge in [-0.05, 0) is 31.2 Å². The van der Waals surface area contributed by atoms with E-state index in [0.29, 0.717) is 11.3 Å². The first-order valence-corrected chi connectivity index (χ1v) is 10.4. The first kappa shape index (κ1) is 23.6. The fourth-order valence-corrected chi connectivity index (χ4v) is 3.81. The molecule has 0 N–H and O–H groups in total. The topological polar surface area (TPSA) is 92.8 Å². The van der Waals surface area contributed by atoms with E-state index in [1.54, 1.807) is 12.1 Å². The lowest BCUT2D eigenvalue weighted by Crippen LogP contribution is -2.47. The van der Waals surface area contributed by atoms with Gasteiger partial charge in [-0.2, -0.15) is 0 Å². The van der Waals surface area contributed by atoms with Crippen LogP contribution in [-0.2, 0) is 4.74 Å². The van der Waals surface area contributed by atoms with Gasteiger partial charge in [-0.3, -0.25) is 9.59 Å². The molecule has 11 heteroatoms. The predicted molar refractivity (Wildman–Crippen MR) is 113 cm³/mol. The number of rotatable bonds is 7. The Morgan fingerprint density at radius 2 is 1.88 bits per heavy atom. The van der Waals surface area contributed by atoms with Gasteiger partial charge in [-0.15, -0.1) is 8.78 Å². The molecule has 4 rings (SSSR count). The van der Waals surface area contributed by atoms with Crippen molar-refractivity contribution in [3.8, 4) is 28.7 Å². The van der Waals surface area contributed by atoms with Gasteiger partial charge in [0.2, 0.25) is 5.75 Å². The highest BCUT2D eigenvalue weighted by Gasteiger charge is 2.45. The number of morpholine rings is 1. The first-order valence-electron chi connectivity index (χ1n) is 10.4. The molecule has 0 bridgehead atoms. The van der Waals surface area contributed by atoms with Crippen molar-refractivity contribution in [3.63, 3.8) is 0 Å². The van der Waals surface area contributed by atoms with E-state index in [1.807, 2.05) is 0 Å². The summed E-state index contributed by atoms with van der Waals surface area (Å²) in [5.41, 5.74) is 0.267. The molecule has 1 fully saturated rings. The van der Waals surface area contributed by atoms with Crippen LogP contribution in [0.5, 0.6) is 28.7 Å². The zero-order valence-corrected chi connectivity index (χ0v) is 18.8. The monoisotopic (exact) mass is 479 g/mol. The maximum atomic E-state index is 13.5. The zero-order chi connectivity index (χ0) is 24.5. The number of methoxy groups -OCH3 is 2. The van der Waals surface area contributed by atoms with Gasteiger partial charge in [-0.25, -0.2) is 0 Å². The molecule has 182 valence electrons. The highest BCUT2D eigenvalue weighted by atomic mass is 19.3. The summed E-state index contributed by atoms with van der Waals surface area (Å²) in [6, 6.07) is 7.32. The first-order chi connectivity index (χ1) is 16.2. The second-order valence-electron chi connectivity index (χ2n) is 7.59. The molecule has 2 aromatic rings. The summed E-state index contributed by atoms with van der Waals surface area (Å²) in [6.07, 6.45) is -4.38. The van der Waals surface area contributed by atoms with Crippen molar-refractivity contribution >= 4 is 11.7 Å². The molecule has 2 heterocycles. The Labute approximate surface area is 194 Å². The molecule has 9 nitrogen and oxygen atoms in total. The molecule has 2 aliphatic rings. The number of carbonyl (C=O) groups is 2. The van der Waals surface area contributed by atoms with E-state index in [9.17, 15) is 18.4 Å². The number of hydrogen-bond acceptors (Lipinski definition) is 8. The minimum Gasteiger partial charge on any atom is -0.493 e. The van der Waals surface area contributed by atoms with Crippen LogP contribution in [-0.4, -0.2) is 69.5 Å². The Kier molecular flexibility index (Phi) is 6.47. The molecule has 34 heavy (non-hydrogen) atoms. The van der Waals surface area contributed by atoms with Crippen LogP contribution in [0.4, 0.5) is 8.78 Å². The average Bonchev–Trinajstić information content (AvgIpc) is 3.15. The average molecular weight is 479 g/mol. The standard InChI is InChI=1S/C23H23F2NO8/c1-13(27)15-7-8-17(29-2)21(30-3)20(15)32-12-14-11-26(9-10-31-14)22(28)16-5-4-6-18-19(16)34-23(24,25)33-18/h4-8,14H,9-12H2,1-3H3. The van der Waals surface area contributed by atoms with E-state index < -0.39 is 18.3 Å². The zero-order valence-electron chi connectivity index (χ0n) is 18.8. The lowest BCUT2D eigenvalue weighted by molar-refractivity contribution is -0.286. The Hall–Kier alpha value is -3.60. The highest BCUT2D eigenvalue weighted by molar-refractivity contribution is 5.98. The third-order valence-corrected chi connectivity index (χ3v) is 5.38. The number of halogens is 2. The molecule has 1 amide bonds. The van der Waals surface area contributed by atoms with Gasteiger partial charge in [0.1, 0.15) is 12.7 Å². The van der Waals surface area contributed by atoms with E-state index in [1.165, 1.54) is 44.2 Å². The molecule has 0 aliphatic carbocycles. The second-order valence-corrected chi connectivity index (χ2v) is 7.59. The van der Waals surface area contributed by atoms with Crippen LogP contribution in [0.2, 0.25) is 0 Å². The van der Waals surface area contributed by atoms with Crippen molar-refractivity contribution in [2.24, 2.45) is 0 Å². The van der Waals surface area contributed by atoms with Crippen molar-refractivity contribution < 1.29 is 46.8 Å². The molecular weight excluding hydrogens is 456 g/mol. The SMILES string of the molecule is COc1ccc(C(C)=O)c(OCC2CN(C(=O)c3cccc4c3OC(F)(F)O4)CCO2)c1OC. The lowest BCUT2D eigenvalue weighted by atomic mass is 10.1. The smallest absolute Gasteiger partial charge is 0.493 e. The lowest BCUT2D eigenvalue weighted by Gasteiger charge is -2.33. The summed E-state index contributed by atoms with van der Waals surface area (Å²) >= 11 is 0. The molecule has 0 radical (unpaired) electrons. The van der Waals surface area contributed by atoms with Crippen LogP contribution in [0, 0.1) is 0 Å². The number of ether oxygens (including phenoxy) is 6. The maximum absolute atomic E-state index is 13.5.